The number of amidine groups is 1. The maximum absolute atomic E-state index is 13.2. The lowest BCUT2D eigenvalue weighted by atomic mass is 10.1. The highest BCUT2D eigenvalue weighted by molar-refractivity contribution is 8.15. The molecule has 0 saturated carbocycles. The van der Waals surface area contributed by atoms with Crippen molar-refractivity contribution in [1.29, 1.82) is 0 Å². The minimum absolute atomic E-state index is 0.0894. The number of carbonyl (C=O) groups is 3. The van der Waals surface area contributed by atoms with Crippen LogP contribution in [0, 0.1) is 6.92 Å². The van der Waals surface area contributed by atoms with Crippen LogP contribution in [0.2, 0.25) is 0 Å². The average Bonchev–Trinajstić information content (AvgIpc) is 3.28. The average molecular weight is 501 g/mol. The summed E-state index contributed by atoms with van der Waals surface area (Å²) in [5.41, 5.74) is 2.73. The van der Waals surface area contributed by atoms with Crippen LogP contribution in [-0.2, 0) is 9.59 Å². The van der Waals surface area contributed by atoms with E-state index in [0.29, 0.717) is 5.69 Å². The molecule has 4 amide bonds. The van der Waals surface area contributed by atoms with Crippen molar-refractivity contribution in [3.8, 4) is 0 Å². The van der Waals surface area contributed by atoms with E-state index in [-0.39, 0.29) is 24.9 Å². The summed E-state index contributed by atoms with van der Waals surface area (Å²) >= 11 is 1.36. The maximum Gasteiger partial charge on any atom is 0.329 e. The molecule has 0 aliphatic carbocycles. The molecule has 190 valence electrons. The van der Waals surface area contributed by atoms with Gasteiger partial charge in [0, 0.05) is 44.1 Å². The zero-order valence-corrected chi connectivity index (χ0v) is 22.1. The van der Waals surface area contributed by atoms with Crippen LogP contribution in [0.1, 0.15) is 33.3 Å². The molecular weight excluding hydrogens is 464 g/mol. The summed E-state index contributed by atoms with van der Waals surface area (Å²) in [4.78, 5) is 50.9. The number of nitrogens with one attached hydrogen (secondary N) is 1. The highest BCUT2D eigenvalue weighted by Gasteiger charge is 2.51. The third-order valence-corrected chi connectivity index (χ3v) is 7.60. The SMILES string of the molecule is C=CCN1C(=O)C2SC(N(CC)CC)=NC2N(CC(=O)Nc2ccc(N(CC)CC)cc2C)C1=O. The van der Waals surface area contributed by atoms with Gasteiger partial charge in [-0.05, 0) is 58.4 Å². The van der Waals surface area contributed by atoms with E-state index in [2.05, 4.69) is 35.5 Å². The number of amides is 4. The molecule has 9 nitrogen and oxygen atoms in total. The van der Waals surface area contributed by atoms with Crippen molar-refractivity contribution in [2.45, 2.75) is 46.0 Å². The van der Waals surface area contributed by atoms with Crippen LogP contribution < -0.4 is 10.2 Å². The van der Waals surface area contributed by atoms with Gasteiger partial charge in [0.2, 0.25) is 11.8 Å². The highest BCUT2D eigenvalue weighted by atomic mass is 32.2. The fourth-order valence-corrected chi connectivity index (χ4v) is 5.70. The molecule has 2 heterocycles. The number of carbonyl (C=O) groups excluding carboxylic acids is 3. The van der Waals surface area contributed by atoms with Gasteiger partial charge in [0.15, 0.2) is 5.17 Å². The lowest BCUT2D eigenvalue weighted by Crippen LogP contribution is -2.62. The minimum Gasteiger partial charge on any atom is -0.372 e. The van der Waals surface area contributed by atoms with E-state index in [1.54, 1.807) is 0 Å². The Morgan fingerprint density at radius 3 is 2.37 bits per heavy atom. The van der Waals surface area contributed by atoms with Gasteiger partial charge >= 0.3 is 6.03 Å². The molecular formula is C25H36N6O3S. The molecule has 0 aromatic heterocycles. The van der Waals surface area contributed by atoms with Crippen LogP contribution in [0.5, 0.6) is 0 Å². The van der Waals surface area contributed by atoms with Crippen LogP contribution >= 0.6 is 11.8 Å². The van der Waals surface area contributed by atoms with E-state index >= 15 is 0 Å². The third-order valence-electron chi connectivity index (χ3n) is 6.32. The summed E-state index contributed by atoms with van der Waals surface area (Å²) in [6.45, 7) is 17.0. The first-order chi connectivity index (χ1) is 16.8. The van der Waals surface area contributed by atoms with Gasteiger partial charge in [-0.3, -0.25) is 19.4 Å². The van der Waals surface area contributed by atoms with Crippen molar-refractivity contribution >= 4 is 46.1 Å². The largest absolute Gasteiger partial charge is 0.372 e. The van der Waals surface area contributed by atoms with E-state index in [1.807, 2.05) is 39.0 Å². The standard InChI is InChI=1S/C25H36N6O3S/c1-7-14-30-23(33)21-22(27-24(35-21)29(10-4)11-5)31(25(30)34)16-20(32)26-19-13-12-18(15-17(19)6)28(8-2)9-3/h7,12-13,15,21-22H,1,8-11,14,16H2,2-6H3,(H,26,32). The molecule has 2 unspecified atom stereocenters. The Balaban J connectivity index is 1.82. The monoisotopic (exact) mass is 500 g/mol. The normalized spacial score (nSPS) is 19.4. The van der Waals surface area contributed by atoms with Crippen molar-refractivity contribution in [1.82, 2.24) is 14.7 Å². The van der Waals surface area contributed by atoms with Gasteiger partial charge in [0.25, 0.3) is 0 Å². The van der Waals surface area contributed by atoms with Crippen molar-refractivity contribution in [2.75, 3.05) is 49.5 Å². The van der Waals surface area contributed by atoms with Gasteiger partial charge < -0.3 is 15.1 Å². The van der Waals surface area contributed by atoms with Crippen molar-refractivity contribution in [2.24, 2.45) is 4.99 Å². The Hall–Kier alpha value is -3.01. The summed E-state index contributed by atoms with van der Waals surface area (Å²) in [6, 6.07) is 5.39. The van der Waals surface area contributed by atoms with Crippen LogP contribution in [-0.4, -0.2) is 88.4 Å². The van der Waals surface area contributed by atoms with E-state index in [1.165, 1.54) is 22.7 Å². The number of hydrogen-bond donors (Lipinski definition) is 1. The molecule has 0 bridgehead atoms. The van der Waals surface area contributed by atoms with Gasteiger partial charge in [-0.15, -0.1) is 6.58 Å². The van der Waals surface area contributed by atoms with Gasteiger partial charge in [0.05, 0.1) is 0 Å². The van der Waals surface area contributed by atoms with Crippen LogP contribution in [0.4, 0.5) is 16.2 Å². The molecule has 1 saturated heterocycles. The lowest BCUT2D eigenvalue weighted by Gasteiger charge is -2.39. The summed E-state index contributed by atoms with van der Waals surface area (Å²) < 4.78 is 0. The number of urea groups is 1. The lowest BCUT2D eigenvalue weighted by molar-refractivity contribution is -0.132. The number of imide groups is 1. The fraction of sp³-hybridized carbons (Fsp3) is 0.520. The first-order valence-electron chi connectivity index (χ1n) is 12.2. The smallest absolute Gasteiger partial charge is 0.329 e. The van der Waals surface area contributed by atoms with E-state index < -0.39 is 17.4 Å². The predicted octanol–water partition coefficient (Wildman–Crippen LogP) is 3.37. The second-order valence-electron chi connectivity index (χ2n) is 8.40. The van der Waals surface area contributed by atoms with Crippen LogP contribution in [0.3, 0.4) is 0 Å². The number of anilines is 2. The van der Waals surface area contributed by atoms with Crippen molar-refractivity contribution in [3.05, 3.63) is 36.4 Å². The number of benzene rings is 1. The first kappa shape index (κ1) is 26.6. The van der Waals surface area contributed by atoms with E-state index in [4.69, 9.17) is 4.99 Å². The number of thioether (sulfide) groups is 1. The number of fused-ring (bicyclic) bond motifs is 1. The van der Waals surface area contributed by atoms with E-state index in [9.17, 15) is 14.4 Å². The minimum atomic E-state index is -0.714. The van der Waals surface area contributed by atoms with Gasteiger partial charge in [0.1, 0.15) is 18.0 Å². The van der Waals surface area contributed by atoms with Gasteiger partial charge in [-0.1, -0.05) is 17.8 Å². The number of nitrogens with zero attached hydrogens (tertiary/aromatic N) is 5. The van der Waals surface area contributed by atoms with Gasteiger partial charge in [-0.2, -0.15) is 0 Å². The zero-order valence-electron chi connectivity index (χ0n) is 21.3. The summed E-state index contributed by atoms with van der Waals surface area (Å²) in [5, 5.41) is 3.08. The predicted molar refractivity (Wildman–Crippen MR) is 143 cm³/mol. The molecule has 10 heteroatoms. The Morgan fingerprint density at radius 2 is 1.80 bits per heavy atom. The molecule has 1 fully saturated rings. The van der Waals surface area contributed by atoms with E-state index in [0.717, 1.165) is 47.5 Å². The molecule has 1 N–H and O–H groups in total. The topological polar surface area (TPSA) is 88.6 Å². The Labute approximate surface area is 212 Å². The first-order valence-corrected chi connectivity index (χ1v) is 13.0. The summed E-state index contributed by atoms with van der Waals surface area (Å²) in [7, 11) is 0. The molecule has 0 radical (unpaired) electrons. The molecule has 1 aromatic carbocycles. The number of hydrogen-bond acceptors (Lipinski definition) is 7. The molecule has 0 spiro atoms. The Bertz CT molecular complexity index is 1000. The molecule has 2 atom stereocenters. The number of aliphatic imine (C=N–C) groups is 1. The third kappa shape index (κ3) is 5.47. The molecule has 2 aliphatic heterocycles. The second-order valence-corrected chi connectivity index (χ2v) is 9.51. The zero-order chi connectivity index (χ0) is 25.7. The molecule has 2 aliphatic rings. The van der Waals surface area contributed by atoms with Gasteiger partial charge in [-0.25, -0.2) is 9.79 Å². The Morgan fingerprint density at radius 1 is 1.14 bits per heavy atom. The fourth-order valence-electron chi connectivity index (χ4n) is 4.34. The number of rotatable bonds is 10. The Kier molecular flexibility index (Phi) is 8.82. The molecule has 3 rings (SSSR count). The van der Waals surface area contributed by atoms with Crippen LogP contribution in [0.25, 0.3) is 0 Å². The summed E-state index contributed by atoms with van der Waals surface area (Å²) in [6.07, 6.45) is 0.801. The van der Waals surface area contributed by atoms with Crippen molar-refractivity contribution < 1.29 is 14.4 Å². The van der Waals surface area contributed by atoms with Crippen molar-refractivity contribution in [3.63, 3.8) is 0 Å². The number of aryl methyl sites for hydroxylation is 1. The quantitative estimate of drug-likeness (QED) is 0.496. The van der Waals surface area contributed by atoms with Crippen LogP contribution in [0.15, 0.2) is 35.8 Å². The molecule has 35 heavy (non-hydrogen) atoms. The maximum atomic E-state index is 13.2. The second kappa shape index (κ2) is 11.6. The summed E-state index contributed by atoms with van der Waals surface area (Å²) in [5.74, 6) is -0.629. The highest BCUT2D eigenvalue weighted by Crippen LogP contribution is 2.36. The molecule has 1 aromatic rings.